The van der Waals surface area contributed by atoms with E-state index in [4.69, 9.17) is 11.3 Å². The standard InChI is InChI=1S/C23H16N2O/c1-15-14-19(16-8-3-2-4-9-16)25-23(24-15)18-11-7-13-21-22(18)17-10-5-6-12-20(17)26-21/h2-14H,1H3/i2D,3D,4D,8D,9D. The van der Waals surface area contributed by atoms with E-state index in [0.29, 0.717) is 17.1 Å². The SMILES string of the molecule is [2H]c1c([2H])c([2H])c(-c2cc(C)nc(-c3cccc4oc5ccccc5c34)n2)c([2H])c1[2H]. The number of aromatic nitrogens is 2. The molecule has 0 bridgehead atoms. The Bertz CT molecular complexity index is 1480. The third-order valence-corrected chi connectivity index (χ3v) is 4.25. The summed E-state index contributed by atoms with van der Waals surface area (Å²) in [6.07, 6.45) is 0. The summed E-state index contributed by atoms with van der Waals surface area (Å²) in [6, 6.07) is 13.2. The lowest BCUT2D eigenvalue weighted by atomic mass is 10.0. The van der Waals surface area contributed by atoms with Crippen LogP contribution >= 0.6 is 0 Å². The average molecular weight is 341 g/mol. The summed E-state index contributed by atoms with van der Waals surface area (Å²) < 4.78 is 46.3. The van der Waals surface area contributed by atoms with E-state index < -0.39 is 18.1 Å². The highest BCUT2D eigenvalue weighted by Crippen LogP contribution is 2.35. The maximum atomic E-state index is 8.28. The topological polar surface area (TPSA) is 38.9 Å². The lowest BCUT2D eigenvalue weighted by Gasteiger charge is -2.07. The van der Waals surface area contributed by atoms with Crippen LogP contribution in [0.1, 0.15) is 12.5 Å². The van der Waals surface area contributed by atoms with Gasteiger partial charge in [-0.05, 0) is 25.1 Å². The second-order valence-corrected chi connectivity index (χ2v) is 6.00. The van der Waals surface area contributed by atoms with E-state index in [0.717, 1.165) is 21.9 Å². The molecule has 3 nitrogen and oxygen atoms in total. The number of nitrogens with zero attached hydrogens (tertiary/aromatic N) is 2. The van der Waals surface area contributed by atoms with Gasteiger partial charge in [0.25, 0.3) is 0 Å². The lowest BCUT2D eigenvalue weighted by Crippen LogP contribution is -1.95. The minimum absolute atomic E-state index is 0.0574. The molecule has 2 aromatic heterocycles. The largest absolute Gasteiger partial charge is 0.456 e. The molecule has 3 heteroatoms. The number of para-hydroxylation sites is 1. The van der Waals surface area contributed by atoms with E-state index in [1.54, 1.807) is 13.0 Å². The van der Waals surface area contributed by atoms with Crippen LogP contribution in [0.5, 0.6) is 0 Å². The molecule has 0 amide bonds. The molecule has 0 spiro atoms. The zero-order valence-corrected chi connectivity index (χ0v) is 13.9. The van der Waals surface area contributed by atoms with Gasteiger partial charge in [0.05, 0.1) is 12.5 Å². The minimum Gasteiger partial charge on any atom is -0.456 e. The van der Waals surface area contributed by atoms with E-state index in [2.05, 4.69) is 9.97 Å². The molecule has 0 saturated carbocycles. The van der Waals surface area contributed by atoms with Crippen LogP contribution in [0.2, 0.25) is 0 Å². The van der Waals surface area contributed by atoms with Gasteiger partial charge in [0, 0.05) is 27.6 Å². The highest BCUT2D eigenvalue weighted by molar-refractivity contribution is 6.11. The number of rotatable bonds is 2. The summed E-state index contributed by atoms with van der Waals surface area (Å²) in [6.45, 7) is 1.79. The molecular weight excluding hydrogens is 320 g/mol. The average Bonchev–Trinajstić information content (AvgIpc) is 3.15. The fourth-order valence-electron chi connectivity index (χ4n) is 3.16. The van der Waals surface area contributed by atoms with Crippen LogP contribution in [-0.4, -0.2) is 9.97 Å². The first kappa shape index (κ1) is 10.5. The molecule has 5 rings (SSSR count). The maximum Gasteiger partial charge on any atom is 0.160 e. The first-order chi connectivity index (χ1) is 14.9. The molecule has 0 fully saturated rings. The van der Waals surface area contributed by atoms with Gasteiger partial charge < -0.3 is 4.42 Å². The van der Waals surface area contributed by atoms with Crippen molar-refractivity contribution < 1.29 is 11.3 Å². The fourth-order valence-corrected chi connectivity index (χ4v) is 3.16. The smallest absolute Gasteiger partial charge is 0.160 e. The third-order valence-electron chi connectivity index (χ3n) is 4.25. The van der Waals surface area contributed by atoms with E-state index in [-0.39, 0.29) is 23.3 Å². The number of hydrogen-bond donors (Lipinski definition) is 0. The van der Waals surface area contributed by atoms with Gasteiger partial charge in [-0.2, -0.15) is 0 Å². The van der Waals surface area contributed by atoms with Gasteiger partial charge in [-0.1, -0.05) is 60.5 Å². The molecule has 5 aromatic rings. The van der Waals surface area contributed by atoms with Crippen molar-refractivity contribution in [1.29, 1.82) is 0 Å². The summed E-state index contributed by atoms with van der Waals surface area (Å²) in [5.41, 5.74) is 3.17. The predicted molar refractivity (Wildman–Crippen MR) is 105 cm³/mol. The van der Waals surface area contributed by atoms with Crippen LogP contribution in [0.3, 0.4) is 0 Å². The van der Waals surface area contributed by atoms with Crippen molar-refractivity contribution in [2.75, 3.05) is 0 Å². The van der Waals surface area contributed by atoms with E-state index in [9.17, 15) is 0 Å². The van der Waals surface area contributed by atoms with Crippen molar-refractivity contribution >= 4 is 21.9 Å². The Kier molecular flexibility index (Phi) is 2.35. The molecule has 0 saturated heterocycles. The molecule has 0 unspecified atom stereocenters. The van der Waals surface area contributed by atoms with Gasteiger partial charge in [-0.15, -0.1) is 0 Å². The zero-order valence-electron chi connectivity index (χ0n) is 18.9. The van der Waals surface area contributed by atoms with Gasteiger partial charge in [0.15, 0.2) is 5.82 Å². The second-order valence-electron chi connectivity index (χ2n) is 6.00. The molecule has 0 N–H and O–H groups in total. The van der Waals surface area contributed by atoms with Gasteiger partial charge in [0.2, 0.25) is 0 Å². The number of fused-ring (bicyclic) bond motifs is 3. The highest BCUT2D eigenvalue weighted by Gasteiger charge is 2.15. The van der Waals surface area contributed by atoms with E-state index >= 15 is 0 Å². The lowest BCUT2D eigenvalue weighted by molar-refractivity contribution is 0.669. The number of furan rings is 1. The molecule has 0 aliphatic heterocycles. The van der Waals surface area contributed by atoms with Crippen LogP contribution in [0, 0.1) is 6.92 Å². The highest BCUT2D eigenvalue weighted by atomic mass is 16.3. The van der Waals surface area contributed by atoms with Crippen molar-refractivity contribution in [3.8, 4) is 22.6 Å². The van der Waals surface area contributed by atoms with Crippen LogP contribution < -0.4 is 0 Å². The molecule has 26 heavy (non-hydrogen) atoms. The van der Waals surface area contributed by atoms with Crippen LogP contribution in [-0.2, 0) is 0 Å². The molecule has 0 aliphatic carbocycles. The number of aryl methyl sites for hydroxylation is 1. The van der Waals surface area contributed by atoms with Gasteiger partial charge in [0.1, 0.15) is 11.2 Å². The molecule has 0 atom stereocenters. The Hall–Kier alpha value is -3.46. The Morgan fingerprint density at radius 3 is 2.58 bits per heavy atom. The van der Waals surface area contributed by atoms with Crippen LogP contribution in [0.4, 0.5) is 0 Å². The molecule has 2 heterocycles. The number of hydrogen-bond acceptors (Lipinski definition) is 3. The summed E-state index contributed by atoms with van der Waals surface area (Å²) in [7, 11) is 0. The molecule has 0 aliphatic rings. The molecule has 3 aromatic carbocycles. The quantitative estimate of drug-likeness (QED) is 0.394. The van der Waals surface area contributed by atoms with Crippen molar-refractivity contribution in [3.05, 3.63) is 84.4 Å². The minimum atomic E-state index is -0.431. The van der Waals surface area contributed by atoms with E-state index in [1.165, 1.54) is 0 Å². The first-order valence-corrected chi connectivity index (χ1v) is 8.20. The number of benzene rings is 3. The molecule has 124 valence electrons. The zero-order chi connectivity index (χ0) is 21.9. The summed E-state index contributed by atoms with van der Waals surface area (Å²) in [5, 5.41) is 1.80. The Morgan fingerprint density at radius 2 is 1.69 bits per heavy atom. The van der Waals surface area contributed by atoms with Gasteiger partial charge in [-0.25, -0.2) is 9.97 Å². The van der Waals surface area contributed by atoms with Crippen LogP contribution in [0.15, 0.2) is 83.2 Å². The third kappa shape index (κ3) is 2.37. The maximum absolute atomic E-state index is 8.28. The van der Waals surface area contributed by atoms with E-state index in [1.807, 2.05) is 42.5 Å². The molecular formula is C23H16N2O. The van der Waals surface area contributed by atoms with Crippen molar-refractivity contribution in [2.45, 2.75) is 6.92 Å². The summed E-state index contributed by atoms with van der Waals surface area (Å²) in [4.78, 5) is 9.21. The second kappa shape index (κ2) is 5.81. The summed E-state index contributed by atoms with van der Waals surface area (Å²) >= 11 is 0. The van der Waals surface area contributed by atoms with Gasteiger partial charge >= 0.3 is 0 Å². The van der Waals surface area contributed by atoms with Crippen LogP contribution in [0.25, 0.3) is 44.6 Å². The van der Waals surface area contributed by atoms with Crippen molar-refractivity contribution in [2.24, 2.45) is 0 Å². The van der Waals surface area contributed by atoms with Crippen molar-refractivity contribution in [1.82, 2.24) is 9.97 Å². The predicted octanol–water partition coefficient (Wildman–Crippen LogP) is 6.02. The fraction of sp³-hybridized carbons (Fsp3) is 0.0435. The summed E-state index contributed by atoms with van der Waals surface area (Å²) in [5.74, 6) is 0.402. The van der Waals surface area contributed by atoms with Gasteiger partial charge in [-0.3, -0.25) is 0 Å². The normalized spacial score (nSPS) is 14.0. The van der Waals surface area contributed by atoms with Crippen molar-refractivity contribution in [3.63, 3.8) is 0 Å². The molecule has 0 radical (unpaired) electrons. The Balaban J connectivity index is 1.81. The Morgan fingerprint density at radius 1 is 0.885 bits per heavy atom. The first-order valence-electron chi connectivity index (χ1n) is 10.7. The Labute approximate surface area is 158 Å². The monoisotopic (exact) mass is 341 g/mol.